The molecule has 0 spiro atoms. The maximum absolute atomic E-state index is 13.8. The molecule has 0 fully saturated rings. The monoisotopic (exact) mass is 264 g/mol. The van der Waals surface area contributed by atoms with Gasteiger partial charge in [0.15, 0.2) is 0 Å². The summed E-state index contributed by atoms with van der Waals surface area (Å²) in [6.07, 6.45) is 0. The molecular formula is C14H17FN2S. The molecule has 2 rings (SSSR count). The maximum atomic E-state index is 13.8. The topological polar surface area (TPSA) is 29.3 Å². The van der Waals surface area contributed by atoms with E-state index in [1.165, 1.54) is 10.9 Å². The van der Waals surface area contributed by atoms with E-state index in [2.05, 4.69) is 6.07 Å². The molecule has 1 aromatic carbocycles. The Hall–Kier alpha value is -1.39. The van der Waals surface area contributed by atoms with Gasteiger partial charge in [0.25, 0.3) is 0 Å². The van der Waals surface area contributed by atoms with Crippen molar-refractivity contribution in [2.75, 3.05) is 11.9 Å². The van der Waals surface area contributed by atoms with Gasteiger partial charge in [0.05, 0.1) is 6.54 Å². The highest BCUT2D eigenvalue weighted by Crippen LogP contribution is 2.28. The molecule has 1 aromatic heterocycles. The van der Waals surface area contributed by atoms with Crippen LogP contribution < -0.4 is 10.6 Å². The molecule has 2 nitrogen and oxygen atoms in total. The fourth-order valence-electron chi connectivity index (χ4n) is 2.03. The Labute approximate surface area is 111 Å². The van der Waals surface area contributed by atoms with E-state index >= 15 is 0 Å². The largest absolute Gasteiger partial charge is 0.369 e. The van der Waals surface area contributed by atoms with E-state index in [0.29, 0.717) is 5.56 Å². The van der Waals surface area contributed by atoms with Gasteiger partial charge >= 0.3 is 0 Å². The molecule has 96 valence electrons. The van der Waals surface area contributed by atoms with Gasteiger partial charge in [-0.1, -0.05) is 12.1 Å². The number of nitrogens with zero attached hydrogens (tertiary/aromatic N) is 1. The molecule has 0 aliphatic carbocycles. The highest BCUT2D eigenvalue weighted by Gasteiger charge is 2.15. The number of nitrogens with two attached hydrogens (primary N) is 1. The van der Waals surface area contributed by atoms with Crippen molar-refractivity contribution in [1.82, 2.24) is 0 Å². The van der Waals surface area contributed by atoms with Crippen LogP contribution in [0.25, 0.3) is 0 Å². The van der Waals surface area contributed by atoms with Gasteiger partial charge in [0.1, 0.15) is 5.82 Å². The Morgan fingerprint density at radius 3 is 2.72 bits per heavy atom. The van der Waals surface area contributed by atoms with Crippen LogP contribution in [0.2, 0.25) is 0 Å². The Kier molecular flexibility index (Phi) is 3.99. The molecule has 18 heavy (non-hydrogen) atoms. The Bertz CT molecular complexity index is 509. The van der Waals surface area contributed by atoms with Crippen molar-refractivity contribution in [3.05, 3.63) is 52.0 Å². The predicted octanol–water partition coefficient (Wildman–Crippen LogP) is 3.54. The minimum absolute atomic E-state index is 0.236. The molecule has 0 amide bonds. The van der Waals surface area contributed by atoms with E-state index in [4.69, 9.17) is 5.73 Å². The molecule has 0 bridgehead atoms. The highest BCUT2D eigenvalue weighted by molar-refractivity contribution is 7.09. The molecule has 4 heteroatoms. The predicted molar refractivity (Wildman–Crippen MR) is 75.4 cm³/mol. The highest BCUT2D eigenvalue weighted by atomic mass is 32.1. The van der Waals surface area contributed by atoms with E-state index < -0.39 is 0 Å². The molecular weight excluding hydrogens is 247 g/mol. The third-order valence-electron chi connectivity index (χ3n) is 2.87. The van der Waals surface area contributed by atoms with E-state index in [-0.39, 0.29) is 11.9 Å². The molecule has 0 radical (unpaired) electrons. The number of benzene rings is 1. The standard InChI is InChI=1S/C14H17FN2S/c1-10(16)14-12(15)6-3-7-13(14)17(2)9-11-5-4-8-18-11/h3-8,10H,9,16H2,1-2H3/t10-/m0/s1. The zero-order chi connectivity index (χ0) is 13.1. The average Bonchev–Trinajstić information content (AvgIpc) is 2.80. The van der Waals surface area contributed by atoms with Gasteiger partial charge in [-0.25, -0.2) is 4.39 Å². The molecule has 0 aliphatic heterocycles. The van der Waals surface area contributed by atoms with E-state index in [1.807, 2.05) is 29.5 Å². The number of thiophene rings is 1. The fourth-order valence-corrected chi connectivity index (χ4v) is 2.79. The number of halogens is 1. The first-order valence-electron chi connectivity index (χ1n) is 5.87. The first kappa shape index (κ1) is 13.1. The van der Waals surface area contributed by atoms with Crippen LogP contribution in [0, 0.1) is 5.82 Å². The van der Waals surface area contributed by atoms with Gasteiger partial charge in [-0.3, -0.25) is 0 Å². The second-order valence-electron chi connectivity index (χ2n) is 4.40. The zero-order valence-electron chi connectivity index (χ0n) is 10.6. The summed E-state index contributed by atoms with van der Waals surface area (Å²) < 4.78 is 13.8. The van der Waals surface area contributed by atoms with Crippen LogP contribution in [0.15, 0.2) is 35.7 Å². The van der Waals surface area contributed by atoms with Crippen molar-refractivity contribution in [2.45, 2.75) is 19.5 Å². The average molecular weight is 264 g/mol. The number of rotatable bonds is 4. The van der Waals surface area contributed by atoms with Crippen LogP contribution in [0.4, 0.5) is 10.1 Å². The smallest absolute Gasteiger partial charge is 0.130 e. The van der Waals surface area contributed by atoms with Crippen LogP contribution in [0.5, 0.6) is 0 Å². The molecule has 1 heterocycles. The minimum atomic E-state index is -0.313. The molecule has 2 N–H and O–H groups in total. The SMILES string of the molecule is C[C@H](N)c1c(F)cccc1N(C)Cc1cccs1. The van der Waals surface area contributed by atoms with Gasteiger partial charge in [-0.15, -0.1) is 11.3 Å². The quantitative estimate of drug-likeness (QED) is 0.915. The van der Waals surface area contributed by atoms with Crippen molar-refractivity contribution >= 4 is 17.0 Å². The summed E-state index contributed by atoms with van der Waals surface area (Å²) in [4.78, 5) is 3.28. The maximum Gasteiger partial charge on any atom is 0.130 e. The van der Waals surface area contributed by atoms with Crippen LogP contribution in [0.3, 0.4) is 0 Å². The zero-order valence-corrected chi connectivity index (χ0v) is 11.4. The lowest BCUT2D eigenvalue weighted by Gasteiger charge is -2.23. The second-order valence-corrected chi connectivity index (χ2v) is 5.43. The van der Waals surface area contributed by atoms with Crippen LogP contribution in [-0.4, -0.2) is 7.05 Å². The van der Waals surface area contributed by atoms with Crippen molar-refractivity contribution in [3.63, 3.8) is 0 Å². The van der Waals surface area contributed by atoms with Crippen molar-refractivity contribution in [3.8, 4) is 0 Å². The normalized spacial score (nSPS) is 12.4. The Morgan fingerprint density at radius 2 is 2.11 bits per heavy atom. The van der Waals surface area contributed by atoms with Crippen LogP contribution in [0.1, 0.15) is 23.4 Å². The van der Waals surface area contributed by atoms with Crippen molar-refractivity contribution < 1.29 is 4.39 Å². The molecule has 0 saturated carbocycles. The molecule has 2 aromatic rings. The van der Waals surface area contributed by atoms with Gasteiger partial charge in [-0.2, -0.15) is 0 Å². The molecule has 0 unspecified atom stereocenters. The van der Waals surface area contributed by atoms with Gasteiger partial charge in [-0.05, 0) is 30.5 Å². The third kappa shape index (κ3) is 2.71. The van der Waals surface area contributed by atoms with Gasteiger partial charge in [0, 0.05) is 29.2 Å². The molecule has 0 saturated heterocycles. The Balaban J connectivity index is 2.29. The van der Waals surface area contributed by atoms with E-state index in [0.717, 1.165) is 12.2 Å². The minimum Gasteiger partial charge on any atom is -0.369 e. The lowest BCUT2D eigenvalue weighted by molar-refractivity contribution is 0.592. The summed E-state index contributed by atoms with van der Waals surface area (Å²) in [5.41, 5.74) is 7.30. The van der Waals surface area contributed by atoms with Crippen molar-refractivity contribution in [1.29, 1.82) is 0 Å². The number of hydrogen-bond donors (Lipinski definition) is 1. The summed E-state index contributed by atoms with van der Waals surface area (Å²) in [5.74, 6) is -0.236. The lowest BCUT2D eigenvalue weighted by Crippen LogP contribution is -2.20. The van der Waals surface area contributed by atoms with Crippen molar-refractivity contribution in [2.24, 2.45) is 5.73 Å². The summed E-state index contributed by atoms with van der Waals surface area (Å²) in [6, 6.07) is 8.88. The first-order valence-corrected chi connectivity index (χ1v) is 6.75. The van der Waals surface area contributed by atoms with E-state index in [1.54, 1.807) is 24.3 Å². The second kappa shape index (κ2) is 5.50. The fraction of sp³-hybridized carbons (Fsp3) is 0.286. The number of hydrogen-bond acceptors (Lipinski definition) is 3. The summed E-state index contributed by atoms with van der Waals surface area (Å²) in [7, 11) is 1.96. The lowest BCUT2D eigenvalue weighted by atomic mass is 10.1. The molecule has 1 atom stereocenters. The first-order chi connectivity index (χ1) is 8.59. The summed E-state index contributed by atoms with van der Waals surface area (Å²) in [6.45, 7) is 2.57. The van der Waals surface area contributed by atoms with Gasteiger partial charge in [0.2, 0.25) is 0 Å². The Morgan fingerprint density at radius 1 is 1.33 bits per heavy atom. The third-order valence-corrected chi connectivity index (χ3v) is 3.73. The number of anilines is 1. The summed E-state index contributed by atoms with van der Waals surface area (Å²) >= 11 is 1.70. The van der Waals surface area contributed by atoms with Crippen LogP contribution in [-0.2, 0) is 6.54 Å². The molecule has 0 aliphatic rings. The summed E-state index contributed by atoms with van der Waals surface area (Å²) in [5, 5.41) is 2.04. The van der Waals surface area contributed by atoms with Crippen LogP contribution >= 0.6 is 11.3 Å². The van der Waals surface area contributed by atoms with Gasteiger partial charge < -0.3 is 10.6 Å². The van der Waals surface area contributed by atoms with E-state index in [9.17, 15) is 4.39 Å².